The third-order valence-electron chi connectivity index (χ3n) is 4.35. The number of hydrogen-bond acceptors (Lipinski definition) is 3. The molecule has 0 radical (unpaired) electrons. The second-order valence-corrected chi connectivity index (χ2v) is 6.59. The van der Waals surface area contributed by atoms with Crippen molar-refractivity contribution in [3.63, 3.8) is 0 Å². The molecule has 25 heavy (non-hydrogen) atoms. The summed E-state index contributed by atoms with van der Waals surface area (Å²) in [7, 11) is 1.89. The number of amides is 2. The summed E-state index contributed by atoms with van der Waals surface area (Å²) in [5, 5.41) is 12.3. The Hall–Kier alpha value is -2.34. The van der Waals surface area contributed by atoms with E-state index in [0.29, 0.717) is 12.5 Å². The third-order valence-corrected chi connectivity index (χ3v) is 4.35. The molecule has 136 valence electrons. The smallest absolute Gasteiger partial charge is 0.318 e. The van der Waals surface area contributed by atoms with Crippen LogP contribution in [-0.2, 0) is 13.6 Å². The van der Waals surface area contributed by atoms with E-state index < -0.39 is 0 Å². The molecule has 0 spiro atoms. The summed E-state index contributed by atoms with van der Waals surface area (Å²) in [4.78, 5) is 18.4. The van der Waals surface area contributed by atoms with Crippen molar-refractivity contribution in [2.75, 3.05) is 13.2 Å². The van der Waals surface area contributed by atoms with E-state index in [1.165, 1.54) is 5.56 Å². The minimum absolute atomic E-state index is 0.0880. The summed E-state index contributed by atoms with van der Waals surface area (Å²) in [5.41, 5.74) is 2.33. The van der Waals surface area contributed by atoms with Crippen molar-refractivity contribution < 1.29 is 9.90 Å². The van der Waals surface area contributed by atoms with Crippen molar-refractivity contribution in [3.05, 3.63) is 53.6 Å². The second kappa shape index (κ2) is 8.67. The molecule has 0 saturated heterocycles. The van der Waals surface area contributed by atoms with Gasteiger partial charge in [-0.3, -0.25) is 0 Å². The number of hydrogen-bond donors (Lipinski definition) is 2. The molecule has 1 aromatic heterocycles. The fourth-order valence-electron chi connectivity index (χ4n) is 2.62. The van der Waals surface area contributed by atoms with Gasteiger partial charge < -0.3 is 19.9 Å². The van der Waals surface area contributed by atoms with Crippen LogP contribution in [0.25, 0.3) is 0 Å². The Morgan fingerprint density at radius 1 is 1.24 bits per heavy atom. The molecule has 1 atom stereocenters. The molecular weight excluding hydrogens is 316 g/mol. The lowest BCUT2D eigenvalue weighted by atomic mass is 10.00. The van der Waals surface area contributed by atoms with Crippen LogP contribution in [0.1, 0.15) is 49.7 Å². The van der Waals surface area contributed by atoms with Gasteiger partial charge in [-0.1, -0.05) is 38.1 Å². The number of aromatic nitrogens is 2. The van der Waals surface area contributed by atoms with Crippen molar-refractivity contribution in [2.45, 2.75) is 39.3 Å². The van der Waals surface area contributed by atoms with Crippen LogP contribution in [0, 0.1) is 0 Å². The molecule has 6 heteroatoms. The minimum atomic E-state index is -0.211. The summed E-state index contributed by atoms with van der Waals surface area (Å²) in [6.07, 6.45) is 3.53. The highest BCUT2D eigenvalue weighted by Crippen LogP contribution is 2.19. The predicted molar refractivity (Wildman–Crippen MR) is 98.2 cm³/mol. The van der Waals surface area contributed by atoms with Gasteiger partial charge >= 0.3 is 6.03 Å². The summed E-state index contributed by atoms with van der Waals surface area (Å²) in [5.74, 6) is 1.26. The largest absolute Gasteiger partial charge is 0.395 e. The lowest BCUT2D eigenvalue weighted by molar-refractivity contribution is 0.169. The Balaban J connectivity index is 2.02. The summed E-state index contributed by atoms with van der Waals surface area (Å²) < 4.78 is 1.87. The van der Waals surface area contributed by atoms with Gasteiger partial charge in [0.1, 0.15) is 5.82 Å². The monoisotopic (exact) mass is 344 g/mol. The standard InChI is InChI=1S/C19H28N4O2/c1-14(2)16-5-7-17(8-6-16)15(3)21-19(25)23(11-12-24)13-18-20-9-10-22(18)4/h5-10,14-15,24H,11-13H2,1-4H3,(H,21,25)/t15-/m0/s1. The fourth-order valence-corrected chi connectivity index (χ4v) is 2.62. The molecule has 6 nitrogen and oxygen atoms in total. The highest BCUT2D eigenvalue weighted by atomic mass is 16.3. The van der Waals surface area contributed by atoms with Crippen LogP contribution in [0.5, 0.6) is 0 Å². The van der Waals surface area contributed by atoms with E-state index in [-0.39, 0.29) is 25.2 Å². The molecule has 0 fully saturated rings. The summed E-state index contributed by atoms with van der Waals surface area (Å²) >= 11 is 0. The summed E-state index contributed by atoms with van der Waals surface area (Å²) in [6.45, 7) is 6.80. The number of aryl methyl sites for hydroxylation is 1. The van der Waals surface area contributed by atoms with Crippen LogP contribution < -0.4 is 5.32 Å². The maximum Gasteiger partial charge on any atom is 0.318 e. The van der Waals surface area contributed by atoms with Gasteiger partial charge in [0.05, 0.1) is 19.2 Å². The number of aliphatic hydroxyl groups is 1. The zero-order valence-corrected chi connectivity index (χ0v) is 15.4. The SMILES string of the molecule is CC(C)c1ccc([C@H](C)NC(=O)N(CCO)Cc2nccn2C)cc1. The Kier molecular flexibility index (Phi) is 6.58. The highest BCUT2D eigenvalue weighted by molar-refractivity contribution is 5.74. The Labute approximate surface area is 149 Å². The van der Waals surface area contributed by atoms with Gasteiger partial charge in [-0.05, 0) is 24.0 Å². The zero-order chi connectivity index (χ0) is 18.4. The van der Waals surface area contributed by atoms with Crippen LogP contribution in [-0.4, -0.2) is 38.7 Å². The molecular formula is C19H28N4O2. The maximum atomic E-state index is 12.6. The van der Waals surface area contributed by atoms with Crippen molar-refractivity contribution >= 4 is 6.03 Å². The Morgan fingerprint density at radius 3 is 2.40 bits per heavy atom. The van der Waals surface area contributed by atoms with E-state index in [1.54, 1.807) is 11.1 Å². The molecule has 0 aliphatic rings. The Bertz CT molecular complexity index is 679. The first-order chi connectivity index (χ1) is 11.9. The minimum Gasteiger partial charge on any atom is -0.395 e. The van der Waals surface area contributed by atoms with Crippen molar-refractivity contribution in [2.24, 2.45) is 7.05 Å². The molecule has 2 rings (SSSR count). The molecule has 1 heterocycles. The van der Waals surface area contributed by atoms with Crippen molar-refractivity contribution in [1.29, 1.82) is 0 Å². The molecule has 0 aliphatic carbocycles. The lowest BCUT2D eigenvalue weighted by Crippen LogP contribution is -2.42. The first-order valence-corrected chi connectivity index (χ1v) is 8.64. The fraction of sp³-hybridized carbons (Fsp3) is 0.474. The van der Waals surface area contributed by atoms with E-state index in [9.17, 15) is 9.90 Å². The van der Waals surface area contributed by atoms with Gasteiger partial charge in [0.15, 0.2) is 0 Å². The van der Waals surface area contributed by atoms with E-state index in [1.807, 2.05) is 24.7 Å². The molecule has 2 amide bonds. The second-order valence-electron chi connectivity index (χ2n) is 6.59. The molecule has 0 saturated carbocycles. The molecule has 1 aromatic carbocycles. The molecule has 2 aromatic rings. The zero-order valence-electron chi connectivity index (χ0n) is 15.4. The number of rotatable bonds is 7. The number of nitrogens with one attached hydrogen (secondary N) is 1. The van der Waals surface area contributed by atoms with Crippen LogP contribution in [0.15, 0.2) is 36.7 Å². The van der Waals surface area contributed by atoms with E-state index >= 15 is 0 Å². The first-order valence-electron chi connectivity index (χ1n) is 8.64. The van der Waals surface area contributed by atoms with E-state index in [0.717, 1.165) is 11.4 Å². The molecule has 0 unspecified atom stereocenters. The molecule has 0 aliphatic heterocycles. The Morgan fingerprint density at radius 2 is 1.88 bits per heavy atom. The van der Waals surface area contributed by atoms with Gasteiger partial charge in [0.2, 0.25) is 0 Å². The van der Waals surface area contributed by atoms with Gasteiger partial charge in [-0.15, -0.1) is 0 Å². The van der Waals surface area contributed by atoms with E-state index in [2.05, 4.69) is 48.4 Å². The topological polar surface area (TPSA) is 70.4 Å². The average Bonchev–Trinajstić information content (AvgIpc) is 2.99. The number of benzene rings is 1. The number of nitrogens with zero attached hydrogens (tertiary/aromatic N) is 3. The van der Waals surface area contributed by atoms with Gasteiger partial charge in [-0.25, -0.2) is 9.78 Å². The van der Waals surface area contributed by atoms with Gasteiger partial charge in [0, 0.05) is 26.0 Å². The quantitative estimate of drug-likeness (QED) is 0.811. The number of carbonyl (C=O) groups excluding carboxylic acids is 1. The number of imidazole rings is 1. The van der Waals surface area contributed by atoms with Gasteiger partial charge in [0.25, 0.3) is 0 Å². The van der Waals surface area contributed by atoms with Gasteiger partial charge in [-0.2, -0.15) is 0 Å². The van der Waals surface area contributed by atoms with E-state index in [4.69, 9.17) is 0 Å². The summed E-state index contributed by atoms with van der Waals surface area (Å²) in [6, 6.07) is 7.98. The van der Waals surface area contributed by atoms with Crippen molar-refractivity contribution in [1.82, 2.24) is 19.8 Å². The third kappa shape index (κ3) is 5.06. The van der Waals surface area contributed by atoms with Crippen LogP contribution in [0.4, 0.5) is 4.79 Å². The van der Waals surface area contributed by atoms with Crippen LogP contribution >= 0.6 is 0 Å². The average molecular weight is 344 g/mol. The number of carbonyl (C=O) groups is 1. The lowest BCUT2D eigenvalue weighted by Gasteiger charge is -2.24. The predicted octanol–water partition coefficient (Wildman–Crippen LogP) is 2.81. The maximum absolute atomic E-state index is 12.6. The molecule has 0 bridgehead atoms. The van der Waals surface area contributed by atoms with Crippen molar-refractivity contribution in [3.8, 4) is 0 Å². The normalized spacial score (nSPS) is 12.2. The molecule has 2 N–H and O–H groups in total. The number of aliphatic hydroxyl groups excluding tert-OH is 1. The number of urea groups is 1. The van der Waals surface area contributed by atoms with Crippen LogP contribution in [0.3, 0.4) is 0 Å². The van der Waals surface area contributed by atoms with Crippen LogP contribution in [0.2, 0.25) is 0 Å². The highest BCUT2D eigenvalue weighted by Gasteiger charge is 2.18. The first kappa shape index (κ1) is 19.0.